The first-order chi connectivity index (χ1) is 11.2. The Balaban J connectivity index is 1.66. The molecule has 114 valence electrons. The maximum atomic E-state index is 10.6. The molecule has 0 aliphatic carbocycles. The third kappa shape index (κ3) is 3.82. The first kappa shape index (κ1) is 14.5. The van der Waals surface area contributed by atoms with Gasteiger partial charge in [-0.3, -0.25) is 10.1 Å². The lowest BCUT2D eigenvalue weighted by molar-refractivity contribution is -0.385. The molecule has 23 heavy (non-hydrogen) atoms. The SMILES string of the molecule is O=[N+]([O-])c1ccc(Oc2ccc(Nc3ccccc3)cc2)nc1. The van der Waals surface area contributed by atoms with E-state index < -0.39 is 4.92 Å². The molecule has 0 fully saturated rings. The number of hydrogen-bond acceptors (Lipinski definition) is 5. The number of hydrogen-bond donors (Lipinski definition) is 1. The molecule has 3 aromatic rings. The zero-order valence-corrected chi connectivity index (χ0v) is 12.0. The van der Waals surface area contributed by atoms with Gasteiger partial charge in [0.25, 0.3) is 5.69 Å². The predicted octanol–water partition coefficient (Wildman–Crippen LogP) is 4.53. The van der Waals surface area contributed by atoms with Gasteiger partial charge in [-0.15, -0.1) is 0 Å². The van der Waals surface area contributed by atoms with E-state index in [1.54, 1.807) is 12.1 Å². The Morgan fingerprint density at radius 3 is 2.22 bits per heavy atom. The van der Waals surface area contributed by atoms with Crippen LogP contribution in [0.1, 0.15) is 0 Å². The van der Waals surface area contributed by atoms with Crippen molar-refractivity contribution in [2.75, 3.05) is 5.32 Å². The van der Waals surface area contributed by atoms with Crippen LogP contribution in [0.25, 0.3) is 0 Å². The number of rotatable bonds is 5. The normalized spacial score (nSPS) is 10.1. The van der Waals surface area contributed by atoms with Crippen molar-refractivity contribution in [2.24, 2.45) is 0 Å². The molecule has 0 aliphatic heterocycles. The molecule has 1 N–H and O–H groups in total. The molecule has 0 saturated heterocycles. The monoisotopic (exact) mass is 307 g/mol. The van der Waals surface area contributed by atoms with Crippen molar-refractivity contribution < 1.29 is 9.66 Å². The van der Waals surface area contributed by atoms with Crippen LogP contribution in [0.15, 0.2) is 72.9 Å². The van der Waals surface area contributed by atoms with Crippen molar-refractivity contribution in [1.82, 2.24) is 4.98 Å². The molecule has 3 rings (SSSR count). The first-order valence-electron chi connectivity index (χ1n) is 6.91. The Morgan fingerprint density at radius 1 is 0.913 bits per heavy atom. The zero-order valence-electron chi connectivity index (χ0n) is 12.0. The molecule has 0 radical (unpaired) electrons. The number of pyridine rings is 1. The van der Waals surface area contributed by atoms with E-state index in [1.165, 1.54) is 18.3 Å². The Labute approximate surface area is 132 Å². The first-order valence-corrected chi connectivity index (χ1v) is 6.91. The van der Waals surface area contributed by atoms with Crippen molar-refractivity contribution in [2.45, 2.75) is 0 Å². The second-order valence-electron chi connectivity index (χ2n) is 4.73. The standard InChI is InChI=1S/C17H13N3O3/c21-20(22)15-8-11-17(18-12-15)23-16-9-6-14(7-10-16)19-13-4-2-1-3-5-13/h1-12,19H. The molecular weight excluding hydrogens is 294 g/mol. The minimum absolute atomic E-state index is 0.0697. The van der Waals surface area contributed by atoms with Gasteiger partial charge in [-0.1, -0.05) is 18.2 Å². The lowest BCUT2D eigenvalue weighted by Crippen LogP contribution is -1.92. The minimum Gasteiger partial charge on any atom is -0.439 e. The van der Waals surface area contributed by atoms with Crippen LogP contribution >= 0.6 is 0 Å². The van der Waals surface area contributed by atoms with Crippen molar-refractivity contribution in [1.29, 1.82) is 0 Å². The van der Waals surface area contributed by atoms with Crippen LogP contribution in [0.3, 0.4) is 0 Å². The van der Waals surface area contributed by atoms with Crippen molar-refractivity contribution in [3.05, 3.63) is 83.0 Å². The van der Waals surface area contributed by atoms with Crippen molar-refractivity contribution in [3.63, 3.8) is 0 Å². The second kappa shape index (κ2) is 6.57. The van der Waals surface area contributed by atoms with Crippen LogP contribution in [-0.2, 0) is 0 Å². The molecule has 2 aromatic carbocycles. The number of aromatic nitrogens is 1. The maximum absolute atomic E-state index is 10.6. The molecule has 1 aromatic heterocycles. The van der Waals surface area contributed by atoms with Gasteiger partial charge in [0.15, 0.2) is 0 Å². The number of nitrogens with one attached hydrogen (secondary N) is 1. The van der Waals surface area contributed by atoms with Crippen molar-refractivity contribution in [3.8, 4) is 11.6 Å². The van der Waals surface area contributed by atoms with Gasteiger partial charge in [0.05, 0.1) is 4.92 Å². The average molecular weight is 307 g/mol. The average Bonchev–Trinajstić information content (AvgIpc) is 2.58. The highest BCUT2D eigenvalue weighted by molar-refractivity contribution is 5.60. The fourth-order valence-electron chi connectivity index (χ4n) is 1.96. The van der Waals surface area contributed by atoms with Crippen LogP contribution in [0, 0.1) is 10.1 Å². The minimum atomic E-state index is -0.499. The van der Waals surface area contributed by atoms with Crippen LogP contribution < -0.4 is 10.1 Å². The molecular formula is C17H13N3O3. The Kier molecular flexibility index (Phi) is 4.15. The largest absolute Gasteiger partial charge is 0.439 e. The van der Waals surface area contributed by atoms with Crippen LogP contribution in [-0.4, -0.2) is 9.91 Å². The smallest absolute Gasteiger partial charge is 0.287 e. The molecule has 0 bridgehead atoms. The van der Waals surface area contributed by atoms with E-state index in [4.69, 9.17) is 4.74 Å². The van der Waals surface area contributed by atoms with Gasteiger partial charge in [0.2, 0.25) is 5.88 Å². The van der Waals surface area contributed by atoms with E-state index in [9.17, 15) is 10.1 Å². The fraction of sp³-hybridized carbons (Fsp3) is 0. The Bertz CT molecular complexity index is 788. The zero-order chi connectivity index (χ0) is 16.1. The number of nitro groups is 1. The number of para-hydroxylation sites is 1. The molecule has 6 nitrogen and oxygen atoms in total. The summed E-state index contributed by atoms with van der Waals surface area (Å²) in [5.74, 6) is 0.907. The number of ether oxygens (including phenoxy) is 1. The molecule has 0 saturated carbocycles. The second-order valence-corrected chi connectivity index (χ2v) is 4.73. The number of nitrogens with zero attached hydrogens (tertiary/aromatic N) is 2. The van der Waals surface area contributed by atoms with Crippen LogP contribution in [0.4, 0.5) is 17.1 Å². The Morgan fingerprint density at radius 2 is 1.61 bits per heavy atom. The van der Waals surface area contributed by atoms with Gasteiger partial charge in [-0.2, -0.15) is 0 Å². The van der Waals surface area contributed by atoms with E-state index in [2.05, 4.69) is 10.3 Å². The highest BCUT2D eigenvalue weighted by atomic mass is 16.6. The highest BCUT2D eigenvalue weighted by Crippen LogP contribution is 2.24. The van der Waals surface area contributed by atoms with E-state index >= 15 is 0 Å². The molecule has 0 unspecified atom stereocenters. The predicted molar refractivity (Wildman–Crippen MR) is 87.1 cm³/mol. The summed E-state index contributed by atoms with van der Waals surface area (Å²) < 4.78 is 5.56. The van der Waals surface area contributed by atoms with Gasteiger partial charge < -0.3 is 10.1 Å². The van der Waals surface area contributed by atoms with Crippen LogP contribution in [0.5, 0.6) is 11.6 Å². The summed E-state index contributed by atoms with van der Waals surface area (Å²) in [6.07, 6.45) is 1.17. The lowest BCUT2D eigenvalue weighted by atomic mass is 10.2. The summed E-state index contributed by atoms with van der Waals surface area (Å²) in [7, 11) is 0. The third-order valence-corrected chi connectivity index (χ3v) is 3.07. The highest BCUT2D eigenvalue weighted by Gasteiger charge is 2.06. The summed E-state index contributed by atoms with van der Waals surface area (Å²) in [5.41, 5.74) is 1.86. The number of benzene rings is 2. The molecule has 0 aliphatic rings. The van der Waals surface area contributed by atoms with Gasteiger partial charge in [-0.05, 0) is 36.4 Å². The van der Waals surface area contributed by atoms with Gasteiger partial charge >= 0.3 is 0 Å². The molecule has 0 spiro atoms. The maximum Gasteiger partial charge on any atom is 0.287 e. The quantitative estimate of drug-likeness (QED) is 0.553. The van der Waals surface area contributed by atoms with Crippen molar-refractivity contribution >= 4 is 17.1 Å². The number of anilines is 2. The fourth-order valence-corrected chi connectivity index (χ4v) is 1.96. The lowest BCUT2D eigenvalue weighted by Gasteiger charge is -2.08. The van der Waals surface area contributed by atoms with E-state index in [0.717, 1.165) is 11.4 Å². The Hall–Kier alpha value is -3.41. The van der Waals surface area contributed by atoms with Gasteiger partial charge in [0.1, 0.15) is 11.9 Å². The molecule has 0 atom stereocenters. The summed E-state index contributed by atoms with van der Waals surface area (Å²) >= 11 is 0. The molecule has 0 amide bonds. The summed E-state index contributed by atoms with van der Waals surface area (Å²) in [4.78, 5) is 14.0. The van der Waals surface area contributed by atoms with E-state index in [0.29, 0.717) is 11.6 Å². The topological polar surface area (TPSA) is 77.3 Å². The van der Waals surface area contributed by atoms with Gasteiger partial charge in [0, 0.05) is 23.5 Å². The summed E-state index contributed by atoms with van der Waals surface area (Å²) in [6, 6.07) is 20.0. The van der Waals surface area contributed by atoms with E-state index in [-0.39, 0.29) is 5.69 Å². The third-order valence-electron chi connectivity index (χ3n) is 3.07. The molecule has 1 heterocycles. The van der Waals surface area contributed by atoms with E-state index in [1.807, 2.05) is 42.5 Å². The summed E-state index contributed by atoms with van der Waals surface area (Å²) in [5, 5.41) is 13.8. The van der Waals surface area contributed by atoms with Crippen LogP contribution in [0.2, 0.25) is 0 Å². The molecule has 6 heteroatoms. The van der Waals surface area contributed by atoms with Gasteiger partial charge in [-0.25, -0.2) is 4.98 Å². The summed E-state index contributed by atoms with van der Waals surface area (Å²) in [6.45, 7) is 0.